The monoisotopic (exact) mass is 360 g/mol. The molecule has 4 nitrogen and oxygen atoms in total. The molecule has 0 aliphatic carbocycles. The first kappa shape index (κ1) is 17.7. The van der Waals surface area contributed by atoms with Crippen molar-refractivity contribution in [3.63, 3.8) is 0 Å². The summed E-state index contributed by atoms with van der Waals surface area (Å²) in [5.41, 5.74) is 2.40. The average molecular weight is 360 g/mol. The summed E-state index contributed by atoms with van der Waals surface area (Å²) >= 11 is 0. The van der Waals surface area contributed by atoms with Crippen molar-refractivity contribution in [2.24, 2.45) is 0 Å². The highest BCUT2D eigenvalue weighted by Gasteiger charge is 2.37. The molecule has 4 heteroatoms. The Morgan fingerprint density at radius 2 is 1.74 bits per heavy atom. The number of aliphatic hydroxyl groups is 1. The van der Waals surface area contributed by atoms with Gasteiger partial charge in [0.25, 0.3) is 0 Å². The van der Waals surface area contributed by atoms with Gasteiger partial charge in [0.1, 0.15) is 18.0 Å². The lowest BCUT2D eigenvalue weighted by Gasteiger charge is -2.24. The molecule has 2 heterocycles. The standard InChI is InChI=1S/C23H24N2O2/c26-23(20-6-2-1-3-7-20)13-15-25(18-23)16-19-9-11-22(12-10-19)27-17-21-8-4-5-14-24-21/h1-12,14,26H,13,15-18H2. The molecular formula is C23H24N2O2. The fourth-order valence-corrected chi connectivity index (χ4v) is 3.58. The molecule has 1 atom stereocenters. The Bertz CT molecular complexity index is 853. The summed E-state index contributed by atoms with van der Waals surface area (Å²) < 4.78 is 5.79. The van der Waals surface area contributed by atoms with Crippen molar-refractivity contribution < 1.29 is 9.84 Å². The first-order valence-corrected chi connectivity index (χ1v) is 9.33. The third kappa shape index (κ3) is 4.35. The molecule has 1 N–H and O–H groups in total. The van der Waals surface area contributed by atoms with Gasteiger partial charge in [-0.25, -0.2) is 0 Å². The minimum atomic E-state index is -0.743. The molecule has 1 unspecified atom stereocenters. The highest BCUT2D eigenvalue weighted by molar-refractivity contribution is 5.28. The van der Waals surface area contributed by atoms with Crippen molar-refractivity contribution in [1.82, 2.24) is 9.88 Å². The van der Waals surface area contributed by atoms with E-state index in [0.29, 0.717) is 13.2 Å². The topological polar surface area (TPSA) is 45.6 Å². The van der Waals surface area contributed by atoms with Crippen LogP contribution in [0.2, 0.25) is 0 Å². The van der Waals surface area contributed by atoms with E-state index in [1.54, 1.807) is 6.20 Å². The zero-order valence-corrected chi connectivity index (χ0v) is 15.3. The summed E-state index contributed by atoms with van der Waals surface area (Å²) in [6.45, 7) is 2.85. The Kier molecular flexibility index (Phi) is 5.19. The van der Waals surface area contributed by atoms with E-state index in [1.165, 1.54) is 5.56 Å². The van der Waals surface area contributed by atoms with Gasteiger partial charge in [-0.2, -0.15) is 0 Å². The summed E-state index contributed by atoms with van der Waals surface area (Å²) in [5, 5.41) is 11.0. The Hall–Kier alpha value is -2.69. The zero-order chi connectivity index (χ0) is 18.5. The van der Waals surface area contributed by atoms with Gasteiger partial charge in [-0.15, -0.1) is 0 Å². The molecule has 0 spiro atoms. The van der Waals surface area contributed by atoms with Crippen LogP contribution in [0.5, 0.6) is 5.75 Å². The number of hydrogen-bond donors (Lipinski definition) is 1. The van der Waals surface area contributed by atoms with Crippen molar-refractivity contribution in [3.05, 3.63) is 95.8 Å². The van der Waals surface area contributed by atoms with E-state index in [2.05, 4.69) is 22.0 Å². The van der Waals surface area contributed by atoms with E-state index in [1.807, 2.05) is 60.7 Å². The summed E-state index contributed by atoms with van der Waals surface area (Å²) in [5.74, 6) is 0.839. The second kappa shape index (κ2) is 7.91. The predicted molar refractivity (Wildman–Crippen MR) is 105 cm³/mol. The Balaban J connectivity index is 1.32. The van der Waals surface area contributed by atoms with Crippen molar-refractivity contribution in [3.8, 4) is 5.75 Å². The molecule has 0 saturated carbocycles. The van der Waals surface area contributed by atoms with E-state index in [4.69, 9.17) is 4.74 Å². The van der Waals surface area contributed by atoms with Gasteiger partial charge in [0.15, 0.2) is 0 Å². The normalized spacial score (nSPS) is 19.9. The Morgan fingerprint density at radius 1 is 0.963 bits per heavy atom. The van der Waals surface area contributed by atoms with Gasteiger partial charge in [0, 0.05) is 25.8 Å². The zero-order valence-electron chi connectivity index (χ0n) is 15.3. The Morgan fingerprint density at radius 3 is 2.48 bits per heavy atom. The van der Waals surface area contributed by atoms with Gasteiger partial charge >= 0.3 is 0 Å². The van der Waals surface area contributed by atoms with Crippen LogP contribution in [0.15, 0.2) is 79.0 Å². The second-order valence-corrected chi connectivity index (χ2v) is 7.11. The molecule has 1 fully saturated rings. The predicted octanol–water partition coefficient (Wildman–Crippen LogP) is 3.75. The maximum absolute atomic E-state index is 11.0. The number of hydrogen-bond acceptors (Lipinski definition) is 4. The smallest absolute Gasteiger partial charge is 0.130 e. The number of nitrogens with zero attached hydrogens (tertiary/aromatic N) is 2. The average Bonchev–Trinajstić information content (AvgIpc) is 3.11. The number of likely N-dealkylation sites (tertiary alicyclic amines) is 1. The number of β-amino-alcohol motifs (C(OH)–C–C–N with tert-alkyl or cyclic N) is 1. The fourth-order valence-electron chi connectivity index (χ4n) is 3.58. The molecule has 27 heavy (non-hydrogen) atoms. The highest BCUT2D eigenvalue weighted by Crippen LogP contribution is 2.32. The number of rotatable bonds is 6. The second-order valence-electron chi connectivity index (χ2n) is 7.11. The van der Waals surface area contributed by atoms with Crippen LogP contribution in [0.25, 0.3) is 0 Å². The van der Waals surface area contributed by atoms with Crippen LogP contribution in [-0.4, -0.2) is 28.1 Å². The van der Waals surface area contributed by atoms with Crippen molar-refractivity contribution >= 4 is 0 Å². The molecule has 2 aromatic carbocycles. The lowest BCUT2D eigenvalue weighted by Crippen LogP contribution is -2.30. The molecule has 0 radical (unpaired) electrons. The molecule has 1 saturated heterocycles. The van der Waals surface area contributed by atoms with Gasteiger partial charge in [0.05, 0.1) is 5.69 Å². The van der Waals surface area contributed by atoms with Gasteiger partial charge in [-0.05, 0) is 41.8 Å². The van der Waals surface area contributed by atoms with E-state index in [-0.39, 0.29) is 0 Å². The van der Waals surface area contributed by atoms with Crippen molar-refractivity contribution in [2.45, 2.75) is 25.2 Å². The van der Waals surface area contributed by atoms with Crippen LogP contribution < -0.4 is 4.74 Å². The van der Waals surface area contributed by atoms with Gasteiger partial charge in [-0.3, -0.25) is 9.88 Å². The molecule has 1 aromatic heterocycles. The summed E-state index contributed by atoms with van der Waals surface area (Å²) in [6.07, 6.45) is 2.54. The quantitative estimate of drug-likeness (QED) is 0.727. The molecule has 4 rings (SSSR count). The molecule has 0 amide bonds. The van der Waals surface area contributed by atoms with E-state index >= 15 is 0 Å². The van der Waals surface area contributed by atoms with Crippen molar-refractivity contribution in [2.75, 3.05) is 13.1 Å². The largest absolute Gasteiger partial charge is 0.487 e. The van der Waals surface area contributed by atoms with Crippen LogP contribution in [0.4, 0.5) is 0 Å². The number of pyridine rings is 1. The van der Waals surface area contributed by atoms with Crippen LogP contribution >= 0.6 is 0 Å². The number of benzene rings is 2. The maximum Gasteiger partial charge on any atom is 0.130 e. The summed E-state index contributed by atoms with van der Waals surface area (Å²) in [7, 11) is 0. The first-order chi connectivity index (χ1) is 13.2. The van der Waals surface area contributed by atoms with Crippen LogP contribution in [0, 0.1) is 0 Å². The lowest BCUT2D eigenvalue weighted by atomic mass is 9.93. The van der Waals surface area contributed by atoms with E-state index < -0.39 is 5.60 Å². The lowest BCUT2D eigenvalue weighted by molar-refractivity contribution is 0.0453. The summed E-state index contributed by atoms with van der Waals surface area (Å²) in [4.78, 5) is 6.57. The Labute approximate surface area is 160 Å². The molecule has 1 aliphatic rings. The molecule has 0 bridgehead atoms. The third-order valence-corrected chi connectivity index (χ3v) is 5.08. The third-order valence-electron chi connectivity index (χ3n) is 5.08. The SMILES string of the molecule is OC1(c2ccccc2)CCN(Cc2ccc(OCc3ccccn3)cc2)C1. The summed E-state index contributed by atoms with van der Waals surface area (Å²) in [6, 6.07) is 24.0. The van der Waals surface area contributed by atoms with Crippen LogP contribution in [0.1, 0.15) is 23.2 Å². The van der Waals surface area contributed by atoms with Crippen molar-refractivity contribution in [1.29, 1.82) is 0 Å². The van der Waals surface area contributed by atoms with Gasteiger partial charge in [-0.1, -0.05) is 48.5 Å². The minimum Gasteiger partial charge on any atom is -0.487 e. The van der Waals surface area contributed by atoms with E-state index in [0.717, 1.165) is 36.5 Å². The molecule has 138 valence electrons. The first-order valence-electron chi connectivity index (χ1n) is 9.33. The molecular weight excluding hydrogens is 336 g/mol. The van der Waals surface area contributed by atoms with Gasteiger partial charge < -0.3 is 9.84 Å². The number of ether oxygens (including phenoxy) is 1. The number of aromatic nitrogens is 1. The maximum atomic E-state index is 11.0. The minimum absolute atomic E-state index is 0.469. The van der Waals surface area contributed by atoms with E-state index in [9.17, 15) is 5.11 Å². The molecule has 3 aromatic rings. The molecule has 1 aliphatic heterocycles. The van der Waals surface area contributed by atoms with Crippen LogP contribution in [0.3, 0.4) is 0 Å². The fraction of sp³-hybridized carbons (Fsp3) is 0.261. The van der Waals surface area contributed by atoms with Crippen LogP contribution in [-0.2, 0) is 18.8 Å². The van der Waals surface area contributed by atoms with Gasteiger partial charge in [0.2, 0.25) is 0 Å². The highest BCUT2D eigenvalue weighted by atomic mass is 16.5.